The minimum absolute atomic E-state index is 0.231. The molecule has 0 atom stereocenters. The molecule has 1 aromatic heterocycles. The molecular weight excluding hydrogens is 284 g/mol. The highest BCUT2D eigenvalue weighted by atomic mass is 16.1. The van der Waals surface area contributed by atoms with Crippen molar-refractivity contribution in [1.29, 1.82) is 0 Å². The molecule has 3 nitrogen and oxygen atoms in total. The van der Waals surface area contributed by atoms with E-state index in [-0.39, 0.29) is 11.8 Å². The minimum atomic E-state index is 0.231. The van der Waals surface area contributed by atoms with E-state index in [2.05, 4.69) is 10.3 Å². The first kappa shape index (κ1) is 13.5. The number of nitrogens with zero attached hydrogens (tertiary/aromatic N) is 1. The van der Waals surface area contributed by atoms with E-state index < -0.39 is 0 Å². The average Bonchev–Trinajstić information content (AvgIpc) is 2.53. The molecule has 0 aliphatic heterocycles. The molecule has 4 aliphatic carbocycles. The van der Waals surface area contributed by atoms with Gasteiger partial charge < -0.3 is 5.32 Å². The number of carbonyl (C=O) groups excluding carboxylic acids is 1. The molecule has 4 bridgehead atoms. The van der Waals surface area contributed by atoms with Crippen molar-refractivity contribution in [1.82, 2.24) is 4.98 Å². The molecule has 0 radical (unpaired) electrons. The van der Waals surface area contributed by atoms with Gasteiger partial charge in [-0.15, -0.1) is 0 Å². The fourth-order valence-electron chi connectivity index (χ4n) is 5.72. The van der Waals surface area contributed by atoms with Gasteiger partial charge in [-0.2, -0.15) is 0 Å². The second-order valence-corrected chi connectivity index (χ2v) is 7.86. The van der Waals surface area contributed by atoms with Crippen LogP contribution in [0.2, 0.25) is 0 Å². The average molecular weight is 306 g/mol. The topological polar surface area (TPSA) is 42.0 Å². The number of hydrogen-bond acceptors (Lipinski definition) is 2. The van der Waals surface area contributed by atoms with Crippen LogP contribution in [-0.4, -0.2) is 10.9 Å². The minimum Gasteiger partial charge on any atom is -0.324 e. The molecule has 0 saturated heterocycles. The summed E-state index contributed by atoms with van der Waals surface area (Å²) in [5.74, 6) is 3.53. The van der Waals surface area contributed by atoms with E-state index in [4.69, 9.17) is 0 Å². The molecule has 1 amide bonds. The highest BCUT2D eigenvalue weighted by Crippen LogP contribution is 2.56. The molecule has 3 heteroatoms. The molecule has 6 rings (SSSR count). The van der Waals surface area contributed by atoms with Gasteiger partial charge in [0.1, 0.15) is 0 Å². The van der Waals surface area contributed by atoms with Gasteiger partial charge in [0, 0.05) is 11.3 Å². The van der Waals surface area contributed by atoms with Crippen molar-refractivity contribution >= 4 is 22.5 Å². The summed E-state index contributed by atoms with van der Waals surface area (Å²) in [4.78, 5) is 17.4. The Bertz CT molecular complexity index is 741. The van der Waals surface area contributed by atoms with Crippen LogP contribution in [0.1, 0.15) is 32.1 Å². The number of rotatable bonds is 2. The summed E-state index contributed by atoms with van der Waals surface area (Å²) in [5, 5.41) is 4.24. The molecule has 0 unspecified atom stereocenters. The van der Waals surface area contributed by atoms with Crippen molar-refractivity contribution in [3.8, 4) is 0 Å². The highest BCUT2D eigenvalue weighted by Gasteiger charge is 2.50. The number of aromatic nitrogens is 1. The Morgan fingerprint density at radius 1 is 1.00 bits per heavy atom. The number of hydrogen-bond donors (Lipinski definition) is 1. The van der Waals surface area contributed by atoms with Crippen molar-refractivity contribution in [2.24, 2.45) is 29.6 Å². The van der Waals surface area contributed by atoms with Gasteiger partial charge in [-0.25, -0.2) is 0 Å². The van der Waals surface area contributed by atoms with Crippen LogP contribution in [0.15, 0.2) is 36.5 Å². The first-order valence-electron chi connectivity index (χ1n) is 8.92. The standard InChI is InChI=1S/C20H22N2O/c23-20(19-15-6-12-5-13(8-15)9-16(19)7-12)22-17-10-14-3-1-2-4-18(14)21-11-17/h1-4,10-13,15-16,19H,5-9H2,(H,22,23). The third kappa shape index (κ3) is 2.25. The molecule has 118 valence electrons. The number of amides is 1. The van der Waals surface area contributed by atoms with E-state index >= 15 is 0 Å². The Morgan fingerprint density at radius 2 is 1.70 bits per heavy atom. The summed E-state index contributed by atoms with van der Waals surface area (Å²) in [6.45, 7) is 0. The van der Waals surface area contributed by atoms with Crippen LogP contribution in [0.4, 0.5) is 5.69 Å². The number of carbonyl (C=O) groups is 1. The fourth-order valence-corrected chi connectivity index (χ4v) is 5.72. The van der Waals surface area contributed by atoms with E-state index in [9.17, 15) is 4.79 Å². The van der Waals surface area contributed by atoms with E-state index in [0.717, 1.165) is 28.4 Å². The largest absolute Gasteiger partial charge is 0.324 e. The van der Waals surface area contributed by atoms with E-state index in [1.54, 1.807) is 6.20 Å². The number of nitrogens with one attached hydrogen (secondary N) is 1. The van der Waals surface area contributed by atoms with Crippen LogP contribution in [0, 0.1) is 29.6 Å². The van der Waals surface area contributed by atoms with E-state index in [1.807, 2.05) is 30.3 Å². The molecule has 4 fully saturated rings. The summed E-state index contributed by atoms with van der Waals surface area (Å²) in [6.07, 6.45) is 8.33. The lowest BCUT2D eigenvalue weighted by Gasteiger charge is -2.53. The molecule has 4 saturated carbocycles. The molecule has 4 aliphatic rings. The Hall–Kier alpha value is -1.90. The van der Waals surface area contributed by atoms with Crippen LogP contribution in [-0.2, 0) is 4.79 Å². The quantitative estimate of drug-likeness (QED) is 0.901. The van der Waals surface area contributed by atoms with Gasteiger partial charge >= 0.3 is 0 Å². The Labute approximate surface area is 136 Å². The number of anilines is 1. The highest BCUT2D eigenvalue weighted by molar-refractivity contribution is 5.95. The van der Waals surface area contributed by atoms with Crippen molar-refractivity contribution in [2.45, 2.75) is 32.1 Å². The Kier molecular flexibility index (Phi) is 2.97. The number of para-hydroxylation sites is 1. The van der Waals surface area contributed by atoms with Crippen molar-refractivity contribution in [2.75, 3.05) is 5.32 Å². The first-order valence-corrected chi connectivity index (χ1v) is 8.92. The van der Waals surface area contributed by atoms with Crippen LogP contribution < -0.4 is 5.32 Å². The smallest absolute Gasteiger partial charge is 0.228 e. The summed E-state index contributed by atoms with van der Waals surface area (Å²) >= 11 is 0. The molecule has 1 aromatic carbocycles. The Balaban J connectivity index is 1.38. The normalized spacial score (nSPS) is 34.7. The van der Waals surface area contributed by atoms with Crippen LogP contribution in [0.5, 0.6) is 0 Å². The summed E-state index contributed by atoms with van der Waals surface area (Å²) in [6, 6.07) is 10.1. The van der Waals surface area contributed by atoms with E-state index in [1.165, 1.54) is 32.1 Å². The monoisotopic (exact) mass is 306 g/mol. The SMILES string of the molecule is O=C(Nc1cnc2ccccc2c1)C1C2CC3CC(C2)CC1C3. The van der Waals surface area contributed by atoms with Gasteiger partial charge in [-0.1, -0.05) is 18.2 Å². The lowest BCUT2D eigenvalue weighted by Crippen LogP contribution is -2.49. The van der Waals surface area contributed by atoms with Crippen LogP contribution in [0.3, 0.4) is 0 Å². The second kappa shape index (κ2) is 5.05. The van der Waals surface area contributed by atoms with Crippen molar-refractivity contribution < 1.29 is 4.79 Å². The number of benzene rings is 1. The maximum atomic E-state index is 12.9. The zero-order valence-corrected chi connectivity index (χ0v) is 13.2. The summed E-state index contributed by atoms with van der Waals surface area (Å²) in [5.41, 5.74) is 1.81. The maximum Gasteiger partial charge on any atom is 0.228 e. The maximum absolute atomic E-state index is 12.9. The lowest BCUT2D eigenvalue weighted by atomic mass is 9.51. The third-order valence-corrected chi connectivity index (χ3v) is 6.39. The summed E-state index contributed by atoms with van der Waals surface area (Å²) in [7, 11) is 0. The first-order chi connectivity index (χ1) is 11.3. The molecule has 1 N–H and O–H groups in total. The fraction of sp³-hybridized carbons (Fsp3) is 0.500. The predicted octanol–water partition coefficient (Wildman–Crippen LogP) is 4.25. The van der Waals surface area contributed by atoms with E-state index in [0.29, 0.717) is 11.8 Å². The van der Waals surface area contributed by atoms with Crippen LogP contribution >= 0.6 is 0 Å². The van der Waals surface area contributed by atoms with Crippen molar-refractivity contribution in [3.05, 3.63) is 36.5 Å². The van der Waals surface area contributed by atoms with Gasteiger partial charge in [-0.3, -0.25) is 9.78 Å². The van der Waals surface area contributed by atoms with Gasteiger partial charge in [0.15, 0.2) is 0 Å². The molecule has 1 heterocycles. The number of fused-ring (bicyclic) bond motifs is 1. The van der Waals surface area contributed by atoms with Gasteiger partial charge in [0.25, 0.3) is 0 Å². The van der Waals surface area contributed by atoms with Gasteiger partial charge in [0.05, 0.1) is 17.4 Å². The molecule has 23 heavy (non-hydrogen) atoms. The molecular formula is C20H22N2O. The predicted molar refractivity (Wildman–Crippen MR) is 90.9 cm³/mol. The van der Waals surface area contributed by atoms with Gasteiger partial charge in [0.2, 0.25) is 5.91 Å². The van der Waals surface area contributed by atoms with Crippen LogP contribution in [0.25, 0.3) is 10.9 Å². The number of pyridine rings is 1. The van der Waals surface area contributed by atoms with Crippen molar-refractivity contribution in [3.63, 3.8) is 0 Å². The lowest BCUT2D eigenvalue weighted by molar-refractivity contribution is -0.132. The molecule has 0 spiro atoms. The zero-order chi connectivity index (χ0) is 15.4. The third-order valence-electron chi connectivity index (χ3n) is 6.39. The Morgan fingerprint density at radius 3 is 2.43 bits per heavy atom. The molecule has 2 aromatic rings. The second-order valence-electron chi connectivity index (χ2n) is 7.86. The summed E-state index contributed by atoms with van der Waals surface area (Å²) < 4.78 is 0. The van der Waals surface area contributed by atoms with Gasteiger partial charge in [-0.05, 0) is 67.9 Å². The zero-order valence-electron chi connectivity index (χ0n) is 13.2.